The highest BCUT2D eigenvalue weighted by Gasteiger charge is 2.17. The van der Waals surface area contributed by atoms with Gasteiger partial charge < -0.3 is 9.80 Å². The van der Waals surface area contributed by atoms with Crippen LogP contribution in [0.25, 0.3) is 12.2 Å². The van der Waals surface area contributed by atoms with E-state index in [1.807, 2.05) is 13.8 Å². The molecule has 2 nitrogen and oxygen atoms in total. The zero-order valence-corrected chi connectivity index (χ0v) is 31.9. The number of hydrogen-bond acceptors (Lipinski definition) is 2. The molecular weight excluding hydrogens is 665 g/mol. The summed E-state index contributed by atoms with van der Waals surface area (Å²) in [7, 11) is 0. The maximum Gasteiger partial charge on any atom is 0.0462 e. The molecule has 0 atom stereocenters. The molecule has 0 bridgehead atoms. The smallest absolute Gasteiger partial charge is 0.0462 e. The first-order valence-corrected chi connectivity index (χ1v) is 19.2. The summed E-state index contributed by atoms with van der Waals surface area (Å²) in [5, 5.41) is 0. The minimum Gasteiger partial charge on any atom is -0.311 e. The first-order valence-electron chi connectivity index (χ1n) is 19.2. The molecule has 0 amide bonds. The molecule has 0 aromatic heterocycles. The Morgan fingerprint density at radius 3 is 1.65 bits per heavy atom. The van der Waals surface area contributed by atoms with Gasteiger partial charge in [-0.1, -0.05) is 146 Å². The Morgan fingerprint density at radius 2 is 1.07 bits per heavy atom. The summed E-state index contributed by atoms with van der Waals surface area (Å²) < 4.78 is 0. The molecule has 5 aromatic rings. The van der Waals surface area contributed by atoms with Crippen molar-refractivity contribution < 1.29 is 0 Å². The third kappa shape index (κ3) is 9.30. The molecule has 270 valence electrons. The Morgan fingerprint density at radius 1 is 0.564 bits per heavy atom. The normalized spacial score (nSPS) is 14.5. The number of nitrogens with zero attached hydrogens (tertiary/aromatic N) is 2. The quantitative estimate of drug-likeness (QED) is 0.119. The summed E-state index contributed by atoms with van der Waals surface area (Å²) >= 11 is 0. The summed E-state index contributed by atoms with van der Waals surface area (Å²) in [6.07, 6.45) is 27.8. The van der Waals surface area contributed by atoms with Gasteiger partial charge in [-0.2, -0.15) is 0 Å². The highest BCUT2D eigenvalue weighted by molar-refractivity contribution is 5.77. The van der Waals surface area contributed by atoms with E-state index in [2.05, 4.69) is 223 Å². The first kappa shape index (κ1) is 36.7. The summed E-state index contributed by atoms with van der Waals surface area (Å²) in [4.78, 5) is 4.57. The lowest BCUT2D eigenvalue weighted by atomic mass is 9.89. The molecule has 0 N–H and O–H groups in total. The summed E-state index contributed by atoms with van der Waals surface area (Å²) in [5.74, 6) is 0. The number of para-hydroxylation sites is 3. The number of fused-ring (bicyclic) bond motifs is 1. The molecule has 0 fully saturated rings. The van der Waals surface area contributed by atoms with E-state index in [4.69, 9.17) is 0 Å². The molecule has 55 heavy (non-hydrogen) atoms. The third-order valence-electron chi connectivity index (χ3n) is 9.72. The number of rotatable bonds is 12. The van der Waals surface area contributed by atoms with Crippen LogP contribution in [0.5, 0.6) is 0 Å². The lowest BCUT2D eigenvalue weighted by Gasteiger charge is -2.26. The number of benzene rings is 5. The van der Waals surface area contributed by atoms with Gasteiger partial charge in [0.15, 0.2) is 0 Å². The molecule has 0 saturated carbocycles. The Hall–Kier alpha value is -6.64. The van der Waals surface area contributed by atoms with Gasteiger partial charge in [-0.3, -0.25) is 0 Å². The van der Waals surface area contributed by atoms with Crippen molar-refractivity contribution in [3.05, 3.63) is 245 Å². The van der Waals surface area contributed by atoms with Crippen LogP contribution in [-0.2, 0) is 0 Å². The van der Waals surface area contributed by atoms with Gasteiger partial charge in [0, 0.05) is 34.1 Å². The molecule has 0 heterocycles. The van der Waals surface area contributed by atoms with E-state index >= 15 is 0 Å². The van der Waals surface area contributed by atoms with Gasteiger partial charge >= 0.3 is 0 Å². The van der Waals surface area contributed by atoms with E-state index in [0.29, 0.717) is 0 Å². The molecular formula is C53H48N2. The van der Waals surface area contributed by atoms with Crippen molar-refractivity contribution in [2.45, 2.75) is 33.1 Å². The van der Waals surface area contributed by atoms with Crippen LogP contribution < -0.4 is 9.80 Å². The molecule has 2 heteroatoms. The van der Waals surface area contributed by atoms with Gasteiger partial charge in [0.05, 0.1) is 0 Å². The van der Waals surface area contributed by atoms with Crippen molar-refractivity contribution in [1.29, 1.82) is 0 Å². The Labute approximate surface area is 327 Å². The topological polar surface area (TPSA) is 6.48 Å². The molecule has 0 aliphatic heterocycles. The Bertz CT molecular complexity index is 2290. The zero-order valence-electron chi connectivity index (χ0n) is 31.9. The molecule has 2 aliphatic rings. The predicted molar refractivity (Wildman–Crippen MR) is 238 cm³/mol. The van der Waals surface area contributed by atoms with Crippen LogP contribution in [-0.4, -0.2) is 0 Å². The van der Waals surface area contributed by atoms with Crippen molar-refractivity contribution in [2.75, 3.05) is 9.80 Å². The second-order valence-corrected chi connectivity index (χ2v) is 13.9. The number of allylic oxidation sites excluding steroid dienone is 14. The predicted octanol–water partition coefficient (Wildman–Crippen LogP) is 15.0. The van der Waals surface area contributed by atoms with E-state index in [0.717, 1.165) is 64.5 Å². The third-order valence-corrected chi connectivity index (χ3v) is 9.72. The average Bonchev–Trinajstić information content (AvgIpc) is 3.40. The highest BCUT2D eigenvalue weighted by Crippen LogP contribution is 2.37. The van der Waals surface area contributed by atoms with Gasteiger partial charge in [-0.05, 0) is 139 Å². The van der Waals surface area contributed by atoms with Crippen LogP contribution >= 0.6 is 0 Å². The van der Waals surface area contributed by atoms with E-state index < -0.39 is 0 Å². The lowest BCUT2D eigenvalue weighted by Crippen LogP contribution is -2.15. The summed E-state index contributed by atoms with van der Waals surface area (Å²) in [6, 6.07) is 49.2. The maximum atomic E-state index is 4.15. The van der Waals surface area contributed by atoms with Gasteiger partial charge in [-0.15, -0.1) is 0 Å². The minimum atomic E-state index is 0.915. The monoisotopic (exact) mass is 712 g/mol. The van der Waals surface area contributed by atoms with Crippen molar-refractivity contribution in [3.8, 4) is 0 Å². The average molecular weight is 713 g/mol. The van der Waals surface area contributed by atoms with Gasteiger partial charge in [0.2, 0.25) is 0 Å². The molecule has 0 saturated heterocycles. The zero-order chi connectivity index (χ0) is 37.8. The van der Waals surface area contributed by atoms with Crippen molar-refractivity contribution in [3.63, 3.8) is 0 Å². The standard InChI is InChI=1S/C53H48N2/c1-4-16-52(39-41(2)3)55(49-22-12-7-13-23-49)51-37-29-42(30-38-51)25-26-44-28-34-45(53-24-15-14-17-46(53)40-44)33-27-43-31-35-50(36-32-43)54(47-18-8-5-9-19-47)48-20-10-6-11-21-48/h4-13,16-39H,2,14-15,40H2,1,3H3/b16-4-,26-25+,33-27+,52-39+. The number of hydrogen-bond donors (Lipinski definition) is 0. The second kappa shape index (κ2) is 17.9. The fraction of sp³-hybridized carbons (Fsp3) is 0.0943. The first-order chi connectivity index (χ1) is 27.1. The van der Waals surface area contributed by atoms with Crippen molar-refractivity contribution in [2.24, 2.45) is 0 Å². The minimum absolute atomic E-state index is 0.915. The van der Waals surface area contributed by atoms with E-state index in [1.54, 1.807) is 0 Å². The van der Waals surface area contributed by atoms with Crippen molar-refractivity contribution >= 4 is 40.6 Å². The molecule has 2 aliphatic carbocycles. The van der Waals surface area contributed by atoms with Crippen LogP contribution in [0.15, 0.2) is 234 Å². The van der Waals surface area contributed by atoms with Crippen LogP contribution in [0.2, 0.25) is 0 Å². The van der Waals surface area contributed by atoms with Crippen LogP contribution in [0.4, 0.5) is 28.4 Å². The van der Waals surface area contributed by atoms with Crippen LogP contribution in [0, 0.1) is 0 Å². The molecule has 7 rings (SSSR count). The number of anilines is 5. The highest BCUT2D eigenvalue weighted by atomic mass is 15.1. The molecule has 0 radical (unpaired) electrons. The Balaban J connectivity index is 1.11. The fourth-order valence-electron chi connectivity index (χ4n) is 7.12. The molecule has 5 aromatic carbocycles. The van der Waals surface area contributed by atoms with E-state index in [9.17, 15) is 0 Å². The Kier molecular flexibility index (Phi) is 12.0. The van der Waals surface area contributed by atoms with Gasteiger partial charge in [0.1, 0.15) is 0 Å². The van der Waals surface area contributed by atoms with E-state index in [1.165, 1.54) is 27.9 Å². The van der Waals surface area contributed by atoms with Gasteiger partial charge in [-0.25, -0.2) is 0 Å². The van der Waals surface area contributed by atoms with Gasteiger partial charge in [0.25, 0.3) is 0 Å². The summed E-state index contributed by atoms with van der Waals surface area (Å²) in [5.41, 5.74) is 15.3. The lowest BCUT2D eigenvalue weighted by molar-refractivity contribution is 0.975. The molecule has 0 spiro atoms. The molecule has 0 unspecified atom stereocenters. The second-order valence-electron chi connectivity index (χ2n) is 13.9. The van der Waals surface area contributed by atoms with Crippen LogP contribution in [0.3, 0.4) is 0 Å². The van der Waals surface area contributed by atoms with E-state index in [-0.39, 0.29) is 0 Å². The largest absolute Gasteiger partial charge is 0.311 e. The van der Waals surface area contributed by atoms with Crippen molar-refractivity contribution in [1.82, 2.24) is 0 Å². The summed E-state index contributed by atoms with van der Waals surface area (Å²) in [6.45, 7) is 8.23. The maximum absolute atomic E-state index is 4.15. The fourth-order valence-corrected chi connectivity index (χ4v) is 7.12. The van der Waals surface area contributed by atoms with Crippen LogP contribution in [0.1, 0.15) is 44.2 Å². The SMILES string of the molecule is C=C(C)/C=C(\C=C/C)N(c1ccccc1)c1ccc(/C=C/C2=CC=C(/C=C/c3ccc(N(c4ccccc4)c4ccccc4)cc3)C3=CCCC=C3C2)cc1.